The summed E-state index contributed by atoms with van der Waals surface area (Å²) >= 11 is 3.47. The molecular formula is C40H58BrN11O5Si2. The van der Waals surface area contributed by atoms with Gasteiger partial charge in [0.1, 0.15) is 25.1 Å². The molecule has 0 radical (unpaired) electrons. The molecule has 5 aromatic rings. The van der Waals surface area contributed by atoms with E-state index in [0.29, 0.717) is 48.8 Å². The number of carbonyl (C=O) groups is 3. The lowest BCUT2D eigenvalue weighted by atomic mass is 10.0. The van der Waals surface area contributed by atoms with Crippen LogP contribution >= 0.6 is 15.9 Å². The summed E-state index contributed by atoms with van der Waals surface area (Å²) in [5.41, 5.74) is 14.6. The molecule has 1 aliphatic heterocycles. The zero-order valence-electron chi connectivity index (χ0n) is 35.4. The van der Waals surface area contributed by atoms with Crippen molar-refractivity contribution in [2.45, 2.75) is 84.7 Å². The van der Waals surface area contributed by atoms with E-state index in [0.717, 1.165) is 39.6 Å². The molecule has 4 aromatic heterocycles. The number of ether oxygens (including phenoxy) is 2. The van der Waals surface area contributed by atoms with E-state index in [1.807, 2.05) is 48.9 Å². The van der Waals surface area contributed by atoms with Crippen LogP contribution in [0.1, 0.15) is 25.5 Å². The molecule has 1 atom stereocenters. The second-order valence-corrected chi connectivity index (χ2v) is 29.5. The largest absolute Gasteiger partial charge is 0.383 e. The number of pyridine rings is 2. The molecule has 6 rings (SSSR count). The van der Waals surface area contributed by atoms with Gasteiger partial charge in [-0.1, -0.05) is 83.5 Å². The highest BCUT2D eigenvalue weighted by Crippen LogP contribution is 2.30. The maximum atomic E-state index is 13.5. The molecule has 3 amide bonds. The van der Waals surface area contributed by atoms with Gasteiger partial charge in [0.2, 0.25) is 5.91 Å². The highest BCUT2D eigenvalue weighted by atomic mass is 79.9. The second kappa shape index (κ2) is 19.6. The minimum absolute atomic E-state index is 0.0214. The van der Waals surface area contributed by atoms with Crippen molar-refractivity contribution < 1.29 is 23.9 Å². The average Bonchev–Trinajstić information content (AvgIpc) is 3.83. The van der Waals surface area contributed by atoms with E-state index in [1.165, 1.54) is 11.1 Å². The van der Waals surface area contributed by atoms with Crippen LogP contribution in [0.25, 0.3) is 21.8 Å². The van der Waals surface area contributed by atoms with E-state index >= 15 is 0 Å². The van der Waals surface area contributed by atoms with Crippen molar-refractivity contribution in [3.05, 3.63) is 65.2 Å². The Labute approximate surface area is 356 Å². The molecule has 1 fully saturated rings. The van der Waals surface area contributed by atoms with Gasteiger partial charge in [0.15, 0.2) is 0 Å². The number of anilines is 3. The normalized spacial score (nSPS) is 14.8. The number of benzene rings is 1. The summed E-state index contributed by atoms with van der Waals surface area (Å²) in [5.74, 6) is -0.869. The summed E-state index contributed by atoms with van der Waals surface area (Å²) in [4.78, 5) is 51.2. The number of nitrogens with zero attached hydrogens (tertiary/aromatic N) is 8. The number of amides is 3. The molecule has 0 spiro atoms. The van der Waals surface area contributed by atoms with E-state index in [1.54, 1.807) is 28.2 Å². The molecule has 0 saturated carbocycles. The SMILES string of the molecule is CC(C)C(=O)N1CCN(C(=O)C(=O)Nc2cnc(N)c3cnn(COCC[Si](C)(C)C)c23)[C@@H](c2ccccc2)C1.C[Si](C)(C)CCOCn1ncc2c(N)ncc(Br)c21. The molecule has 1 saturated heterocycles. The highest BCUT2D eigenvalue weighted by Gasteiger charge is 2.37. The van der Waals surface area contributed by atoms with Gasteiger partial charge in [0.05, 0.1) is 56.6 Å². The van der Waals surface area contributed by atoms with Gasteiger partial charge in [0.25, 0.3) is 0 Å². The van der Waals surface area contributed by atoms with E-state index < -0.39 is 34.0 Å². The van der Waals surface area contributed by atoms with E-state index in [4.69, 9.17) is 20.9 Å². The number of hydrogen-bond donors (Lipinski definition) is 3. The third-order valence-electron chi connectivity index (χ3n) is 9.86. The van der Waals surface area contributed by atoms with Gasteiger partial charge in [-0.25, -0.2) is 19.3 Å². The fraction of sp³-hybridized carbons (Fsp3) is 0.475. The van der Waals surface area contributed by atoms with Crippen molar-refractivity contribution in [2.75, 3.05) is 49.6 Å². The molecule has 16 nitrogen and oxygen atoms in total. The van der Waals surface area contributed by atoms with Crippen LogP contribution in [0, 0.1) is 5.92 Å². The van der Waals surface area contributed by atoms with Crippen LogP contribution in [0.5, 0.6) is 0 Å². The van der Waals surface area contributed by atoms with Crippen LogP contribution in [-0.2, 0) is 37.3 Å². The van der Waals surface area contributed by atoms with Crippen molar-refractivity contribution in [3.63, 3.8) is 0 Å². The molecule has 5 N–H and O–H groups in total. The van der Waals surface area contributed by atoms with Crippen molar-refractivity contribution in [1.82, 2.24) is 39.3 Å². The number of nitrogens with one attached hydrogen (secondary N) is 1. The zero-order valence-corrected chi connectivity index (χ0v) is 39.0. The van der Waals surface area contributed by atoms with Crippen molar-refractivity contribution >= 4 is 88.9 Å². The van der Waals surface area contributed by atoms with Gasteiger partial charge in [-0.3, -0.25) is 14.4 Å². The molecule has 318 valence electrons. The fourth-order valence-electron chi connectivity index (χ4n) is 6.41. The zero-order chi connectivity index (χ0) is 43.1. The van der Waals surface area contributed by atoms with Crippen molar-refractivity contribution in [3.8, 4) is 0 Å². The first-order valence-electron chi connectivity index (χ1n) is 19.8. The molecule has 5 heterocycles. The van der Waals surface area contributed by atoms with Crippen molar-refractivity contribution in [2.24, 2.45) is 5.92 Å². The molecule has 0 bridgehead atoms. The Balaban J connectivity index is 0.000000290. The van der Waals surface area contributed by atoms with E-state index in [-0.39, 0.29) is 30.9 Å². The van der Waals surface area contributed by atoms with E-state index in [2.05, 4.69) is 80.7 Å². The number of aromatic nitrogens is 6. The quantitative estimate of drug-likeness (QED) is 0.0669. The molecule has 59 heavy (non-hydrogen) atoms. The van der Waals surface area contributed by atoms with Gasteiger partial charge in [-0.2, -0.15) is 10.2 Å². The van der Waals surface area contributed by atoms with Crippen LogP contribution in [0.2, 0.25) is 51.4 Å². The smallest absolute Gasteiger partial charge is 0.314 e. The second-order valence-electron chi connectivity index (χ2n) is 17.4. The summed E-state index contributed by atoms with van der Waals surface area (Å²) in [6.07, 6.45) is 6.42. The van der Waals surface area contributed by atoms with Crippen LogP contribution in [-0.4, -0.2) is 106 Å². The van der Waals surface area contributed by atoms with Gasteiger partial charge in [0, 0.05) is 61.1 Å². The summed E-state index contributed by atoms with van der Waals surface area (Å²) in [7, 11) is -2.30. The molecule has 1 aromatic carbocycles. The first-order chi connectivity index (χ1) is 27.8. The summed E-state index contributed by atoms with van der Waals surface area (Å²) in [6.45, 7) is 20.5. The third kappa shape index (κ3) is 12.0. The Hall–Kier alpha value is -4.70. The first kappa shape index (κ1) is 45.4. The lowest BCUT2D eigenvalue weighted by Crippen LogP contribution is -2.55. The minimum atomic E-state index is -1.26. The molecule has 1 aliphatic rings. The average molecular weight is 909 g/mol. The number of halogens is 1. The number of rotatable bonds is 13. The number of nitrogens with two attached hydrogens (primary N) is 2. The highest BCUT2D eigenvalue weighted by molar-refractivity contribution is 9.10. The lowest BCUT2D eigenvalue weighted by molar-refractivity contribution is -0.150. The number of nitrogen functional groups attached to an aromatic ring is 2. The van der Waals surface area contributed by atoms with Crippen LogP contribution < -0.4 is 16.8 Å². The Morgan fingerprint density at radius 3 is 1.92 bits per heavy atom. The van der Waals surface area contributed by atoms with Gasteiger partial charge in [-0.15, -0.1) is 0 Å². The molecule has 0 aliphatic carbocycles. The fourth-order valence-corrected chi connectivity index (χ4v) is 8.44. The Morgan fingerprint density at radius 1 is 0.814 bits per heavy atom. The summed E-state index contributed by atoms with van der Waals surface area (Å²) < 4.78 is 15.9. The molecule has 0 unspecified atom stereocenters. The number of carbonyl (C=O) groups excluding carboxylic acids is 3. The standard InChI is InChI=1S/C28H39N7O4Si.C12H19BrN4OSi/c1-19(2)27(37)33-11-12-34(23(17-33)20-9-7-6-8-10-20)28(38)26(36)32-22-16-30-25(29)21-15-31-35(24(21)22)18-39-13-14-40(3,4)5;1-19(2,3)5-4-18-8-17-11-9(6-16-17)12(14)15-7-10(11)13/h6-10,15-16,19,23H,11-14,17-18H2,1-5H3,(H2,29,30)(H,32,36);6-7H,4-5,8H2,1-3H3,(H2,14,15)/t23-;/m1./s1. The monoisotopic (exact) mass is 907 g/mol. The Kier molecular flexibility index (Phi) is 15.1. The summed E-state index contributed by atoms with van der Waals surface area (Å²) in [6, 6.07) is 11.2. The van der Waals surface area contributed by atoms with Gasteiger partial charge in [-0.05, 0) is 33.6 Å². The third-order valence-corrected chi connectivity index (χ3v) is 13.8. The predicted octanol–water partition coefficient (Wildman–Crippen LogP) is 6.42. The number of fused-ring (bicyclic) bond motifs is 2. The lowest BCUT2D eigenvalue weighted by Gasteiger charge is -2.42. The van der Waals surface area contributed by atoms with Crippen LogP contribution in [0.4, 0.5) is 17.3 Å². The molecular weight excluding hydrogens is 851 g/mol. The Morgan fingerprint density at radius 2 is 1.36 bits per heavy atom. The maximum absolute atomic E-state index is 13.5. The summed E-state index contributed by atoms with van der Waals surface area (Å²) in [5, 5.41) is 12.8. The maximum Gasteiger partial charge on any atom is 0.314 e. The minimum Gasteiger partial charge on any atom is -0.383 e. The Bertz CT molecular complexity index is 2240. The van der Waals surface area contributed by atoms with Crippen LogP contribution in [0.3, 0.4) is 0 Å². The number of piperazine rings is 1. The van der Waals surface area contributed by atoms with Crippen molar-refractivity contribution in [1.29, 1.82) is 0 Å². The van der Waals surface area contributed by atoms with Crippen LogP contribution in [0.15, 0.2) is 59.6 Å². The first-order valence-corrected chi connectivity index (χ1v) is 28.0. The predicted molar refractivity (Wildman–Crippen MR) is 241 cm³/mol. The molecule has 19 heteroatoms. The van der Waals surface area contributed by atoms with Gasteiger partial charge >= 0.3 is 11.8 Å². The topological polar surface area (TPSA) is 202 Å². The van der Waals surface area contributed by atoms with E-state index in [9.17, 15) is 14.4 Å². The number of hydrogen-bond acceptors (Lipinski definition) is 11. The van der Waals surface area contributed by atoms with Gasteiger partial charge < -0.3 is 36.1 Å².